The van der Waals surface area contributed by atoms with Crippen molar-refractivity contribution in [3.63, 3.8) is 0 Å². The summed E-state index contributed by atoms with van der Waals surface area (Å²) in [6.45, 7) is 14.9. The highest BCUT2D eigenvalue weighted by Gasteiger charge is 2.54. The van der Waals surface area contributed by atoms with Crippen LogP contribution in [0.3, 0.4) is 0 Å². The van der Waals surface area contributed by atoms with E-state index in [0.717, 1.165) is 23.1 Å². The average molecular weight is 555 g/mol. The van der Waals surface area contributed by atoms with Crippen LogP contribution < -0.4 is 0 Å². The molecule has 1 fully saturated rings. The summed E-state index contributed by atoms with van der Waals surface area (Å²) in [4.78, 5) is 0. The molecule has 0 N–H and O–H groups in total. The van der Waals surface area contributed by atoms with E-state index < -0.39 is 5.60 Å². The second-order valence-corrected chi connectivity index (χ2v) is 11.1. The van der Waals surface area contributed by atoms with E-state index in [0.29, 0.717) is 32.8 Å². The van der Waals surface area contributed by atoms with Crippen molar-refractivity contribution >= 4 is 0 Å². The van der Waals surface area contributed by atoms with Crippen molar-refractivity contribution in [2.45, 2.75) is 84.3 Å². The van der Waals surface area contributed by atoms with Crippen LogP contribution in [-0.2, 0) is 38.8 Å². The molecule has 0 aromatic heterocycles. The summed E-state index contributed by atoms with van der Waals surface area (Å²) in [5, 5.41) is 0. The third-order valence-electron chi connectivity index (χ3n) is 8.50. The maximum absolute atomic E-state index is 7.17. The van der Waals surface area contributed by atoms with Gasteiger partial charge in [-0.2, -0.15) is 0 Å². The van der Waals surface area contributed by atoms with Gasteiger partial charge < -0.3 is 18.9 Å². The van der Waals surface area contributed by atoms with E-state index in [1.165, 1.54) is 11.1 Å². The second kappa shape index (κ2) is 15.3. The lowest BCUT2D eigenvalue weighted by Gasteiger charge is -2.53. The number of allylic oxidation sites excluding steroid dienone is 1. The smallest absolute Gasteiger partial charge is 0.113 e. The van der Waals surface area contributed by atoms with E-state index >= 15 is 0 Å². The van der Waals surface area contributed by atoms with Crippen molar-refractivity contribution < 1.29 is 18.9 Å². The van der Waals surface area contributed by atoms with Gasteiger partial charge in [-0.25, -0.2) is 0 Å². The Hall–Kier alpha value is -3.02. The summed E-state index contributed by atoms with van der Waals surface area (Å²) in [6, 6.07) is 30.9. The van der Waals surface area contributed by atoms with Gasteiger partial charge in [0, 0.05) is 5.92 Å². The molecule has 4 heteroatoms. The molecular formula is C37H46O4. The molecule has 0 bridgehead atoms. The molecule has 0 aliphatic carbocycles. The summed E-state index contributed by atoms with van der Waals surface area (Å²) < 4.78 is 27.0. The van der Waals surface area contributed by atoms with Crippen LogP contribution in [-0.4, -0.2) is 30.5 Å². The Kier molecular flexibility index (Phi) is 11.5. The van der Waals surface area contributed by atoms with Gasteiger partial charge in [-0.15, -0.1) is 6.58 Å². The standard InChI is InChI=1S/C37H46O4/c1-6-23-37(29(4)28(3)7-2)30(5)35(39-25-32-19-13-9-14-20-32)36(40-26-33-21-15-10-16-22-33)34(41-37)27-38-24-31-17-11-8-12-18-31/h6,8-22,30,34-36H,1,7,23-27H2,2-5H3. The number of hydrogen-bond acceptors (Lipinski definition) is 4. The van der Waals surface area contributed by atoms with Gasteiger partial charge in [0.2, 0.25) is 0 Å². The van der Waals surface area contributed by atoms with E-state index in [1.54, 1.807) is 0 Å². The molecular weight excluding hydrogens is 508 g/mol. The fourth-order valence-corrected chi connectivity index (χ4v) is 5.83. The van der Waals surface area contributed by atoms with Crippen LogP contribution in [0.25, 0.3) is 0 Å². The molecule has 0 spiro atoms. The maximum atomic E-state index is 7.17. The van der Waals surface area contributed by atoms with Gasteiger partial charge in [-0.1, -0.05) is 116 Å². The number of hydrogen-bond donors (Lipinski definition) is 0. The van der Waals surface area contributed by atoms with E-state index in [9.17, 15) is 0 Å². The molecule has 0 amide bonds. The van der Waals surface area contributed by atoms with Crippen molar-refractivity contribution in [3.05, 3.63) is 131 Å². The van der Waals surface area contributed by atoms with Crippen molar-refractivity contribution in [1.29, 1.82) is 0 Å². The number of rotatable bonds is 14. The van der Waals surface area contributed by atoms with E-state index in [4.69, 9.17) is 18.9 Å². The molecule has 1 aliphatic heterocycles. The molecule has 218 valence electrons. The summed E-state index contributed by atoms with van der Waals surface area (Å²) in [5.41, 5.74) is 5.38. The first-order valence-corrected chi connectivity index (χ1v) is 14.9. The zero-order chi connectivity index (χ0) is 29.1. The molecule has 0 saturated carbocycles. The van der Waals surface area contributed by atoms with Gasteiger partial charge in [0.1, 0.15) is 12.2 Å². The Morgan fingerprint density at radius 1 is 0.780 bits per heavy atom. The van der Waals surface area contributed by atoms with Crippen molar-refractivity contribution in [3.8, 4) is 0 Å². The quantitative estimate of drug-likeness (QED) is 0.187. The normalized spacial score (nSPS) is 25.0. The van der Waals surface area contributed by atoms with Crippen molar-refractivity contribution in [2.24, 2.45) is 5.92 Å². The average Bonchev–Trinajstić information content (AvgIpc) is 3.02. The minimum absolute atomic E-state index is 0.0110. The molecule has 5 atom stereocenters. The largest absolute Gasteiger partial charge is 0.374 e. The third-order valence-corrected chi connectivity index (χ3v) is 8.50. The van der Waals surface area contributed by atoms with Gasteiger partial charge in [0.25, 0.3) is 0 Å². The highest BCUT2D eigenvalue weighted by atomic mass is 16.6. The molecule has 3 aromatic rings. The SMILES string of the molecule is C=CCC1(C(C)=C(C)CC)OC(COCc2ccccc2)C(OCc2ccccc2)C(OCc2ccccc2)C1C. The van der Waals surface area contributed by atoms with Gasteiger partial charge in [-0.05, 0) is 49.0 Å². The Labute approximate surface area is 247 Å². The number of ether oxygens (including phenoxy) is 4. The van der Waals surface area contributed by atoms with E-state index in [2.05, 4.69) is 82.8 Å². The predicted molar refractivity (Wildman–Crippen MR) is 166 cm³/mol. The Morgan fingerprint density at radius 3 is 1.76 bits per heavy atom. The van der Waals surface area contributed by atoms with Gasteiger partial charge in [0.05, 0.1) is 38.1 Å². The fraction of sp³-hybridized carbons (Fsp3) is 0.405. The van der Waals surface area contributed by atoms with Crippen LogP contribution in [0.5, 0.6) is 0 Å². The Balaban J connectivity index is 1.69. The molecule has 0 radical (unpaired) electrons. The minimum atomic E-state index is -0.573. The minimum Gasteiger partial charge on any atom is -0.374 e. The zero-order valence-corrected chi connectivity index (χ0v) is 25.1. The van der Waals surface area contributed by atoms with Gasteiger partial charge in [0.15, 0.2) is 0 Å². The van der Waals surface area contributed by atoms with E-state index in [1.807, 2.05) is 48.5 Å². The first kappa shape index (κ1) is 30.9. The summed E-state index contributed by atoms with van der Waals surface area (Å²) in [7, 11) is 0. The molecule has 4 rings (SSSR count). The maximum Gasteiger partial charge on any atom is 0.113 e. The first-order valence-electron chi connectivity index (χ1n) is 14.9. The lowest BCUT2D eigenvalue weighted by Crippen LogP contribution is -2.63. The van der Waals surface area contributed by atoms with Crippen molar-refractivity contribution in [2.75, 3.05) is 6.61 Å². The molecule has 1 heterocycles. The molecule has 5 unspecified atom stereocenters. The molecule has 3 aromatic carbocycles. The monoisotopic (exact) mass is 554 g/mol. The Morgan fingerprint density at radius 2 is 1.27 bits per heavy atom. The van der Waals surface area contributed by atoms with Crippen LogP contribution in [0.1, 0.15) is 57.2 Å². The van der Waals surface area contributed by atoms with E-state index in [-0.39, 0.29) is 24.2 Å². The summed E-state index contributed by atoms with van der Waals surface area (Å²) in [6.07, 6.45) is 2.74. The van der Waals surface area contributed by atoms with Crippen LogP contribution in [0, 0.1) is 5.92 Å². The van der Waals surface area contributed by atoms with Crippen LogP contribution in [0.4, 0.5) is 0 Å². The summed E-state index contributed by atoms with van der Waals surface area (Å²) >= 11 is 0. The van der Waals surface area contributed by atoms with Gasteiger partial charge >= 0.3 is 0 Å². The molecule has 4 nitrogen and oxygen atoms in total. The lowest BCUT2D eigenvalue weighted by molar-refractivity contribution is -0.267. The fourth-order valence-electron chi connectivity index (χ4n) is 5.83. The number of benzene rings is 3. The summed E-state index contributed by atoms with van der Waals surface area (Å²) in [5.74, 6) is 0.0110. The Bertz CT molecular complexity index is 1220. The van der Waals surface area contributed by atoms with Crippen LogP contribution >= 0.6 is 0 Å². The van der Waals surface area contributed by atoms with Gasteiger partial charge in [-0.3, -0.25) is 0 Å². The van der Waals surface area contributed by atoms with Crippen LogP contribution in [0.2, 0.25) is 0 Å². The predicted octanol–water partition coefficient (Wildman–Crippen LogP) is 8.47. The first-order chi connectivity index (χ1) is 20.0. The zero-order valence-electron chi connectivity index (χ0n) is 25.1. The second-order valence-electron chi connectivity index (χ2n) is 11.1. The van der Waals surface area contributed by atoms with Crippen molar-refractivity contribution in [1.82, 2.24) is 0 Å². The lowest BCUT2D eigenvalue weighted by atomic mass is 9.71. The molecule has 1 saturated heterocycles. The van der Waals surface area contributed by atoms with Crippen LogP contribution in [0.15, 0.2) is 115 Å². The molecule has 1 aliphatic rings. The molecule has 41 heavy (non-hydrogen) atoms. The highest BCUT2D eigenvalue weighted by molar-refractivity contribution is 5.27. The third kappa shape index (κ3) is 7.84. The topological polar surface area (TPSA) is 36.9 Å². The highest BCUT2D eigenvalue weighted by Crippen LogP contribution is 2.46.